The van der Waals surface area contributed by atoms with Gasteiger partial charge in [0, 0.05) is 48.5 Å². The van der Waals surface area contributed by atoms with Crippen molar-refractivity contribution >= 4 is 34.8 Å². The molecule has 0 bridgehead atoms. The summed E-state index contributed by atoms with van der Waals surface area (Å²) in [6.07, 6.45) is -4.89. The number of hydrogen-bond donors (Lipinski definition) is 4. The van der Waals surface area contributed by atoms with Gasteiger partial charge in [-0.1, -0.05) is 27.7 Å². The first-order chi connectivity index (χ1) is 26.6. The van der Waals surface area contributed by atoms with Gasteiger partial charge >= 0.3 is 5.97 Å². The molecule has 13 atom stereocenters. The van der Waals surface area contributed by atoms with Crippen LogP contribution in [0.25, 0.3) is 0 Å². The lowest BCUT2D eigenvalue weighted by atomic mass is 9.74. The number of nitrogens with zero attached hydrogens (tertiary/aromatic N) is 3. The van der Waals surface area contributed by atoms with Crippen molar-refractivity contribution in [3.05, 3.63) is 24.3 Å². The molecule has 2 aliphatic rings. The topological polar surface area (TPSA) is 198 Å². The number of cyclic esters (lactones) is 1. The van der Waals surface area contributed by atoms with E-state index < -0.39 is 77.3 Å². The number of esters is 1. The maximum Gasteiger partial charge on any atom is 0.316 e. The van der Waals surface area contributed by atoms with Crippen LogP contribution in [0.15, 0.2) is 34.5 Å². The van der Waals surface area contributed by atoms with Crippen LogP contribution in [0.1, 0.15) is 94.4 Å². The fourth-order valence-corrected chi connectivity index (χ4v) is 8.02. The van der Waals surface area contributed by atoms with Crippen molar-refractivity contribution in [1.82, 2.24) is 4.90 Å². The summed E-state index contributed by atoms with van der Waals surface area (Å²) < 4.78 is 30.0. The van der Waals surface area contributed by atoms with Gasteiger partial charge in [-0.2, -0.15) is 10.2 Å². The van der Waals surface area contributed by atoms with Gasteiger partial charge in [0.15, 0.2) is 12.1 Å². The maximum atomic E-state index is 14.2. The summed E-state index contributed by atoms with van der Waals surface area (Å²) in [6.45, 7) is 15.2. The highest BCUT2D eigenvalue weighted by molar-refractivity contribution is 6.00. The lowest BCUT2D eigenvalue weighted by Crippen LogP contribution is -2.60. The monoisotopic (exact) mass is 804 g/mol. The van der Waals surface area contributed by atoms with Crippen LogP contribution in [0, 0.1) is 23.7 Å². The van der Waals surface area contributed by atoms with Gasteiger partial charge in [0.2, 0.25) is 5.91 Å². The molecule has 0 aliphatic carbocycles. The Labute approximate surface area is 338 Å². The molecule has 0 saturated carbocycles. The lowest BCUT2D eigenvalue weighted by Gasteiger charge is -2.47. The molecule has 1 aromatic rings. The van der Waals surface area contributed by atoms with Crippen LogP contribution in [0.2, 0.25) is 0 Å². The van der Waals surface area contributed by atoms with Crippen LogP contribution in [0.3, 0.4) is 0 Å². The molecule has 15 nitrogen and oxygen atoms in total. The predicted molar refractivity (Wildman–Crippen MR) is 217 cm³/mol. The summed E-state index contributed by atoms with van der Waals surface area (Å²) in [7, 11) is 6.79. The molecule has 4 N–H and O–H groups in total. The minimum atomic E-state index is -1.95. The molecule has 1 aromatic carbocycles. The summed E-state index contributed by atoms with van der Waals surface area (Å²) >= 11 is 0. The summed E-state index contributed by atoms with van der Waals surface area (Å²) in [5.74, 6) is -4.46. The van der Waals surface area contributed by atoms with Crippen molar-refractivity contribution in [2.45, 2.75) is 148 Å². The number of carbonyl (C=O) groups excluding carboxylic acids is 3. The third-order valence-corrected chi connectivity index (χ3v) is 11.8. The lowest BCUT2D eigenvalue weighted by molar-refractivity contribution is -0.295. The van der Waals surface area contributed by atoms with Crippen molar-refractivity contribution in [2.24, 2.45) is 33.9 Å². The number of benzene rings is 1. The Kier molecular flexibility index (Phi) is 17.4. The van der Waals surface area contributed by atoms with Gasteiger partial charge < -0.3 is 49.2 Å². The maximum absolute atomic E-state index is 14.2. The highest BCUT2D eigenvalue weighted by Crippen LogP contribution is 2.38. The fraction of sp³-hybridized carbons (Fsp3) is 0.738. The number of Topliss-reactive ketones (excluding diaryl/α,β-unsaturated/α-hetero) is 1. The summed E-state index contributed by atoms with van der Waals surface area (Å²) in [5.41, 5.74) is -1.65. The minimum absolute atomic E-state index is 0.131. The minimum Gasteiger partial charge on any atom is -0.497 e. The number of amides is 1. The zero-order valence-electron chi connectivity index (χ0n) is 36.1. The van der Waals surface area contributed by atoms with Crippen LogP contribution in [-0.4, -0.2) is 132 Å². The Morgan fingerprint density at radius 2 is 1.65 bits per heavy atom. The first-order valence-corrected chi connectivity index (χ1v) is 20.0. The number of rotatable bonds is 11. The third kappa shape index (κ3) is 11.9. The molecule has 1 amide bonds. The van der Waals surface area contributed by atoms with E-state index in [4.69, 9.17) is 23.7 Å². The molecule has 13 unspecified atom stereocenters. The Morgan fingerprint density at radius 3 is 2.21 bits per heavy atom. The highest BCUT2D eigenvalue weighted by Gasteiger charge is 2.51. The third-order valence-electron chi connectivity index (χ3n) is 11.8. The first kappa shape index (κ1) is 48.1. The molecular weight excluding hydrogens is 736 g/mol. The number of carbonyl (C=O) groups is 3. The van der Waals surface area contributed by atoms with E-state index >= 15 is 0 Å². The van der Waals surface area contributed by atoms with Crippen molar-refractivity contribution in [3.63, 3.8) is 0 Å². The van der Waals surface area contributed by atoms with E-state index in [1.807, 2.05) is 32.8 Å². The normalized spacial score (nSPS) is 37.1. The average Bonchev–Trinajstić information content (AvgIpc) is 3.17. The van der Waals surface area contributed by atoms with Gasteiger partial charge in [-0.25, -0.2) is 0 Å². The first-order valence-electron chi connectivity index (χ1n) is 20.0. The number of likely N-dealkylation sites (N-methyl/N-ethyl adjacent to an activating group) is 1. The largest absolute Gasteiger partial charge is 0.497 e. The second kappa shape index (κ2) is 20.6. The quantitative estimate of drug-likeness (QED) is 0.107. The van der Waals surface area contributed by atoms with Gasteiger partial charge in [-0.05, 0) is 105 Å². The molecule has 15 heteroatoms. The summed E-state index contributed by atoms with van der Waals surface area (Å²) in [4.78, 5) is 42.5. The Hall–Kier alpha value is -3.31. The molecule has 2 saturated heterocycles. The number of nitrogens with one attached hydrogen (secondary N) is 1. The van der Waals surface area contributed by atoms with Gasteiger partial charge in [-0.15, -0.1) is 0 Å². The van der Waals surface area contributed by atoms with E-state index in [2.05, 4.69) is 15.5 Å². The van der Waals surface area contributed by atoms with Crippen molar-refractivity contribution < 1.29 is 53.4 Å². The molecule has 0 aromatic heterocycles. The molecule has 2 fully saturated rings. The Morgan fingerprint density at radius 1 is 1.02 bits per heavy atom. The second-order valence-electron chi connectivity index (χ2n) is 16.6. The van der Waals surface area contributed by atoms with Crippen LogP contribution in [0.5, 0.6) is 5.75 Å². The molecular formula is C42H68N4O11. The molecule has 3 rings (SSSR count). The van der Waals surface area contributed by atoms with E-state index in [-0.39, 0.29) is 43.7 Å². The summed E-state index contributed by atoms with van der Waals surface area (Å²) in [6, 6.07) is 6.70. The molecule has 0 radical (unpaired) electrons. The molecule has 322 valence electrons. The highest BCUT2D eigenvalue weighted by atomic mass is 16.7. The number of ketones is 1. The molecule has 0 spiro atoms. The molecule has 2 aliphatic heterocycles. The fourth-order valence-electron chi connectivity index (χ4n) is 8.02. The van der Waals surface area contributed by atoms with E-state index in [1.54, 1.807) is 66.0 Å². The number of aliphatic hydroxyl groups excluding tert-OH is 2. The van der Waals surface area contributed by atoms with E-state index in [0.29, 0.717) is 29.3 Å². The van der Waals surface area contributed by atoms with Gasteiger partial charge in [-0.3, -0.25) is 14.4 Å². The van der Waals surface area contributed by atoms with E-state index in [1.165, 1.54) is 21.0 Å². The zero-order chi connectivity index (χ0) is 43.0. The van der Waals surface area contributed by atoms with Crippen LogP contribution in [0.4, 0.5) is 5.69 Å². The predicted octanol–water partition coefficient (Wildman–Crippen LogP) is 4.40. The van der Waals surface area contributed by atoms with Crippen molar-refractivity contribution in [2.75, 3.05) is 33.6 Å². The molecule has 2 heterocycles. The SMILES string of the molecule is CCC1OC(=O)C(C)C(=O)C(C)C(OC2OC(C)CC(N(C)C)C2O)C(C)(OC)CC(C)C(=NN=C(C)CCC(=O)Nc2ccc(OC)cc2)C(C)C(O)C1(C)O. The number of methoxy groups -OCH3 is 2. The number of hydrogen-bond acceptors (Lipinski definition) is 14. The standard InChI is InChI=1S/C42H68N4O11/c1-14-32-42(9,52)37(50)26(5)34(45-44-24(3)15-20-33(47)43-29-16-18-30(53-12)19-17-29)23(2)22-41(8,54-13)38(27(6)35(48)28(7)39(51)56-32)57-40-36(49)31(46(10)11)21-25(4)55-40/h16-19,23,25-28,31-32,36-38,40,49-50,52H,14-15,20-22H2,1-13H3,(H,43,47). The van der Waals surface area contributed by atoms with Crippen molar-refractivity contribution in [1.29, 1.82) is 0 Å². The molecule has 57 heavy (non-hydrogen) atoms. The smallest absolute Gasteiger partial charge is 0.316 e. The van der Waals surface area contributed by atoms with Crippen LogP contribution in [-0.2, 0) is 33.3 Å². The number of ether oxygens (including phenoxy) is 5. The zero-order valence-corrected chi connectivity index (χ0v) is 36.1. The summed E-state index contributed by atoms with van der Waals surface area (Å²) in [5, 5.41) is 47.1. The number of aliphatic hydroxyl groups is 3. The Bertz CT molecular complexity index is 1570. The number of anilines is 1. The van der Waals surface area contributed by atoms with Crippen LogP contribution >= 0.6 is 0 Å². The van der Waals surface area contributed by atoms with Gasteiger partial charge in [0.25, 0.3) is 0 Å². The van der Waals surface area contributed by atoms with Gasteiger partial charge in [0.1, 0.15) is 29.5 Å². The van der Waals surface area contributed by atoms with E-state index in [0.717, 1.165) is 0 Å². The van der Waals surface area contributed by atoms with Gasteiger partial charge in [0.05, 0.1) is 31.0 Å². The van der Waals surface area contributed by atoms with Crippen molar-refractivity contribution in [3.8, 4) is 5.75 Å². The van der Waals surface area contributed by atoms with Crippen LogP contribution < -0.4 is 10.1 Å². The van der Waals surface area contributed by atoms with E-state index in [9.17, 15) is 29.7 Å². The Balaban J connectivity index is 2.07. The average molecular weight is 805 g/mol. The second-order valence-corrected chi connectivity index (χ2v) is 16.6.